The van der Waals surface area contributed by atoms with E-state index in [2.05, 4.69) is 5.32 Å². The van der Waals surface area contributed by atoms with Crippen LogP contribution in [0, 0.1) is 5.82 Å². The maximum Gasteiger partial charge on any atom is 0.318 e. The molecule has 7 heteroatoms. The summed E-state index contributed by atoms with van der Waals surface area (Å²) in [6.07, 6.45) is 1.74. The van der Waals surface area contributed by atoms with Gasteiger partial charge in [-0.15, -0.1) is 0 Å². The maximum atomic E-state index is 14.0. The van der Waals surface area contributed by atoms with Crippen LogP contribution in [-0.2, 0) is 11.3 Å². The van der Waals surface area contributed by atoms with Crippen LogP contribution in [0.2, 0.25) is 5.02 Å². The molecule has 1 N–H and O–H groups in total. The van der Waals surface area contributed by atoms with E-state index in [-0.39, 0.29) is 24.5 Å². The zero-order chi connectivity index (χ0) is 17.1. The van der Waals surface area contributed by atoms with E-state index >= 15 is 0 Å². The molecule has 1 aromatic rings. The molecule has 1 aliphatic rings. The molecule has 1 aliphatic carbocycles. The number of carbonyl (C=O) groups is 2. The fourth-order valence-electron chi connectivity index (χ4n) is 2.32. The Morgan fingerprint density at radius 1 is 1.39 bits per heavy atom. The number of halogens is 2. The van der Waals surface area contributed by atoms with Crippen molar-refractivity contribution >= 4 is 23.5 Å². The number of benzene rings is 1. The molecular weight excluding hydrogens is 321 g/mol. The van der Waals surface area contributed by atoms with Crippen molar-refractivity contribution in [3.05, 3.63) is 34.6 Å². The predicted octanol–water partition coefficient (Wildman–Crippen LogP) is 2.63. The van der Waals surface area contributed by atoms with E-state index in [1.54, 1.807) is 32.0 Å². The highest BCUT2D eigenvalue weighted by Gasteiger charge is 2.34. The van der Waals surface area contributed by atoms with Crippen LogP contribution in [-0.4, -0.2) is 47.9 Å². The molecule has 126 valence electrons. The highest BCUT2D eigenvalue weighted by Crippen LogP contribution is 2.30. The number of nitrogens with one attached hydrogen (secondary N) is 1. The number of rotatable bonds is 5. The summed E-state index contributed by atoms with van der Waals surface area (Å²) < 4.78 is 14.0. The first-order valence-electron chi connectivity index (χ1n) is 7.52. The average molecular weight is 342 g/mol. The Morgan fingerprint density at radius 3 is 2.57 bits per heavy atom. The largest absolute Gasteiger partial charge is 0.347 e. The van der Waals surface area contributed by atoms with E-state index < -0.39 is 11.9 Å². The molecule has 1 atom stereocenters. The minimum atomic E-state index is -0.644. The van der Waals surface area contributed by atoms with Gasteiger partial charge in [0.15, 0.2) is 0 Å². The average Bonchev–Trinajstić information content (AvgIpc) is 3.30. The molecule has 0 spiro atoms. The van der Waals surface area contributed by atoms with Gasteiger partial charge in [-0.25, -0.2) is 9.18 Å². The maximum absolute atomic E-state index is 14.0. The number of likely N-dealkylation sites (N-methyl/N-ethyl adjacent to an activating group) is 1. The van der Waals surface area contributed by atoms with Gasteiger partial charge in [-0.1, -0.05) is 17.7 Å². The summed E-state index contributed by atoms with van der Waals surface area (Å²) in [5.41, 5.74) is 0.294. The lowest BCUT2D eigenvalue weighted by molar-refractivity contribution is -0.130. The Kier molecular flexibility index (Phi) is 5.46. The molecule has 1 fully saturated rings. The molecular formula is C16H21ClFN3O2. The minimum Gasteiger partial charge on any atom is -0.347 e. The Hall–Kier alpha value is -1.82. The lowest BCUT2D eigenvalue weighted by Gasteiger charge is -2.26. The summed E-state index contributed by atoms with van der Waals surface area (Å²) in [5, 5.41) is 2.96. The quantitative estimate of drug-likeness (QED) is 0.895. The number of nitrogens with zero attached hydrogens (tertiary/aromatic N) is 2. The molecule has 5 nitrogen and oxygen atoms in total. The van der Waals surface area contributed by atoms with Gasteiger partial charge in [0.2, 0.25) is 5.91 Å². The summed E-state index contributed by atoms with van der Waals surface area (Å²) in [6.45, 7) is 1.71. The first kappa shape index (κ1) is 17.5. The molecule has 0 unspecified atom stereocenters. The topological polar surface area (TPSA) is 52.7 Å². The van der Waals surface area contributed by atoms with E-state index in [1.807, 2.05) is 0 Å². The number of hydrogen-bond acceptors (Lipinski definition) is 2. The lowest BCUT2D eigenvalue weighted by atomic mass is 10.2. The molecule has 1 aromatic carbocycles. The summed E-state index contributed by atoms with van der Waals surface area (Å²) in [6, 6.07) is 3.49. The summed E-state index contributed by atoms with van der Waals surface area (Å²) in [5.74, 6) is -0.633. The third-order valence-corrected chi connectivity index (χ3v) is 4.14. The van der Waals surface area contributed by atoms with Crippen molar-refractivity contribution in [3.8, 4) is 0 Å². The van der Waals surface area contributed by atoms with Crippen molar-refractivity contribution < 1.29 is 14.0 Å². The van der Waals surface area contributed by atoms with Gasteiger partial charge >= 0.3 is 6.03 Å². The Balaban J connectivity index is 2.10. The second-order valence-corrected chi connectivity index (χ2v) is 6.37. The van der Waals surface area contributed by atoms with Crippen LogP contribution in [0.3, 0.4) is 0 Å². The molecule has 0 aliphatic heterocycles. The van der Waals surface area contributed by atoms with Crippen molar-refractivity contribution in [1.82, 2.24) is 15.1 Å². The predicted molar refractivity (Wildman–Crippen MR) is 86.7 cm³/mol. The van der Waals surface area contributed by atoms with Crippen LogP contribution in [0.1, 0.15) is 25.3 Å². The van der Waals surface area contributed by atoms with Crippen LogP contribution in [0.15, 0.2) is 18.2 Å². The molecule has 3 amide bonds. The highest BCUT2D eigenvalue weighted by molar-refractivity contribution is 6.31. The summed E-state index contributed by atoms with van der Waals surface area (Å²) in [4.78, 5) is 27.3. The monoisotopic (exact) mass is 341 g/mol. The number of carbonyl (C=O) groups excluding carboxylic acids is 2. The molecule has 0 bridgehead atoms. The van der Waals surface area contributed by atoms with Crippen LogP contribution in [0.4, 0.5) is 9.18 Å². The van der Waals surface area contributed by atoms with Crippen molar-refractivity contribution in [2.45, 2.75) is 38.4 Å². The molecule has 1 saturated carbocycles. The molecule has 23 heavy (non-hydrogen) atoms. The van der Waals surface area contributed by atoms with E-state index in [0.29, 0.717) is 10.6 Å². The number of amides is 3. The first-order valence-corrected chi connectivity index (χ1v) is 7.90. The third kappa shape index (κ3) is 4.34. The molecule has 0 radical (unpaired) electrons. The zero-order valence-corrected chi connectivity index (χ0v) is 14.2. The molecule has 2 rings (SSSR count). The van der Waals surface area contributed by atoms with Gasteiger partial charge in [0, 0.05) is 30.7 Å². The zero-order valence-electron chi connectivity index (χ0n) is 13.5. The van der Waals surface area contributed by atoms with Gasteiger partial charge in [-0.2, -0.15) is 0 Å². The van der Waals surface area contributed by atoms with Crippen molar-refractivity contribution in [2.24, 2.45) is 0 Å². The Morgan fingerprint density at radius 2 is 2.04 bits per heavy atom. The summed E-state index contributed by atoms with van der Waals surface area (Å²) >= 11 is 6.04. The van der Waals surface area contributed by atoms with Crippen LogP contribution in [0.5, 0.6) is 0 Å². The van der Waals surface area contributed by atoms with Gasteiger partial charge in [0.05, 0.1) is 6.54 Å². The third-order valence-electron chi connectivity index (χ3n) is 3.79. The van der Waals surface area contributed by atoms with Gasteiger partial charge in [0.1, 0.15) is 11.9 Å². The lowest BCUT2D eigenvalue weighted by Crippen LogP contribution is -2.50. The molecule has 0 saturated heterocycles. The van der Waals surface area contributed by atoms with Crippen LogP contribution < -0.4 is 5.32 Å². The van der Waals surface area contributed by atoms with Crippen LogP contribution in [0.25, 0.3) is 0 Å². The number of urea groups is 1. The van der Waals surface area contributed by atoms with Gasteiger partial charge in [-0.3, -0.25) is 4.79 Å². The van der Waals surface area contributed by atoms with E-state index in [9.17, 15) is 14.0 Å². The van der Waals surface area contributed by atoms with E-state index in [1.165, 1.54) is 17.0 Å². The number of hydrogen-bond donors (Lipinski definition) is 1. The normalized spacial score (nSPS) is 15.0. The Labute approximate surface area is 140 Å². The van der Waals surface area contributed by atoms with Crippen LogP contribution >= 0.6 is 11.6 Å². The summed E-state index contributed by atoms with van der Waals surface area (Å²) in [7, 11) is 3.26. The smallest absolute Gasteiger partial charge is 0.318 e. The SMILES string of the molecule is C[C@H](NC(=O)N(Cc1c(F)cccc1Cl)C1CC1)C(=O)N(C)C. The fraction of sp³-hybridized carbons (Fsp3) is 0.500. The second-order valence-electron chi connectivity index (χ2n) is 5.96. The van der Waals surface area contributed by atoms with Crippen molar-refractivity contribution in [1.29, 1.82) is 0 Å². The van der Waals surface area contributed by atoms with Crippen molar-refractivity contribution in [2.75, 3.05) is 14.1 Å². The fourth-order valence-corrected chi connectivity index (χ4v) is 2.55. The highest BCUT2D eigenvalue weighted by atomic mass is 35.5. The van der Waals surface area contributed by atoms with Gasteiger partial charge < -0.3 is 15.1 Å². The Bertz CT molecular complexity index is 585. The second kappa shape index (κ2) is 7.17. The molecule has 0 heterocycles. The standard InChI is InChI=1S/C16H21ClFN3O2/c1-10(15(22)20(2)3)19-16(23)21(11-7-8-11)9-12-13(17)5-4-6-14(12)18/h4-6,10-11H,7-9H2,1-3H3,(H,19,23)/t10-/m0/s1. The van der Waals surface area contributed by atoms with Gasteiger partial charge in [0.25, 0.3) is 0 Å². The van der Waals surface area contributed by atoms with Gasteiger partial charge in [-0.05, 0) is 31.9 Å². The minimum absolute atomic E-state index is 0.0623. The molecule has 0 aromatic heterocycles. The first-order chi connectivity index (χ1) is 10.8. The van der Waals surface area contributed by atoms with Crippen molar-refractivity contribution in [3.63, 3.8) is 0 Å². The van der Waals surface area contributed by atoms with E-state index in [0.717, 1.165) is 12.8 Å². The van der Waals surface area contributed by atoms with E-state index in [4.69, 9.17) is 11.6 Å².